The molecule has 114 valence electrons. The van der Waals surface area contributed by atoms with Crippen molar-refractivity contribution in [1.29, 1.82) is 5.26 Å². The van der Waals surface area contributed by atoms with Crippen molar-refractivity contribution < 1.29 is 0 Å². The maximum absolute atomic E-state index is 9.14. The molecule has 5 heteroatoms. The molecular weight excluding hydrogens is 262 g/mol. The van der Waals surface area contributed by atoms with Gasteiger partial charge in [0.1, 0.15) is 11.4 Å². The molecule has 0 bridgehead atoms. The zero-order chi connectivity index (χ0) is 15.1. The molecule has 1 atom stereocenters. The average Bonchev–Trinajstić information content (AvgIpc) is 2.56. The predicted molar refractivity (Wildman–Crippen MR) is 85.2 cm³/mol. The number of rotatable bonds is 6. The van der Waals surface area contributed by atoms with Gasteiger partial charge < -0.3 is 10.2 Å². The molecule has 2 heterocycles. The molecule has 0 spiro atoms. The SMILES string of the molecule is CNC(C)(C#N)CCCN1CCN(c2ccccn2)CC1. The van der Waals surface area contributed by atoms with Gasteiger partial charge in [0.05, 0.1) is 6.07 Å². The summed E-state index contributed by atoms with van der Waals surface area (Å²) in [6.45, 7) is 7.22. The second kappa shape index (κ2) is 7.39. The van der Waals surface area contributed by atoms with Crippen LogP contribution < -0.4 is 10.2 Å². The summed E-state index contributed by atoms with van der Waals surface area (Å²) in [5, 5.41) is 12.2. The third-order valence-corrected chi connectivity index (χ3v) is 4.30. The van der Waals surface area contributed by atoms with Gasteiger partial charge in [-0.3, -0.25) is 4.90 Å². The molecule has 1 N–H and O–H groups in total. The van der Waals surface area contributed by atoms with Gasteiger partial charge in [-0.05, 0) is 45.5 Å². The van der Waals surface area contributed by atoms with Gasteiger partial charge in [-0.1, -0.05) is 6.07 Å². The number of aromatic nitrogens is 1. The van der Waals surface area contributed by atoms with Crippen molar-refractivity contribution in [3.05, 3.63) is 24.4 Å². The minimum Gasteiger partial charge on any atom is -0.354 e. The molecule has 1 aliphatic rings. The van der Waals surface area contributed by atoms with E-state index in [4.69, 9.17) is 5.26 Å². The Bertz CT molecular complexity index is 461. The van der Waals surface area contributed by atoms with Crippen molar-refractivity contribution in [3.8, 4) is 6.07 Å². The van der Waals surface area contributed by atoms with Crippen LogP contribution in [0.2, 0.25) is 0 Å². The van der Waals surface area contributed by atoms with E-state index in [0.717, 1.165) is 51.4 Å². The molecule has 1 aromatic heterocycles. The Morgan fingerprint density at radius 2 is 2.10 bits per heavy atom. The first-order valence-corrected chi connectivity index (χ1v) is 7.65. The standard InChI is InChI=1S/C16H25N5/c1-16(14-17,18-2)7-5-9-20-10-12-21(13-11-20)15-6-3-4-8-19-15/h3-4,6,8,18H,5,7,9-13H2,1-2H3. The van der Waals surface area contributed by atoms with Crippen LogP contribution >= 0.6 is 0 Å². The molecule has 21 heavy (non-hydrogen) atoms. The summed E-state index contributed by atoms with van der Waals surface area (Å²) >= 11 is 0. The third-order valence-electron chi connectivity index (χ3n) is 4.30. The number of nitrogens with zero attached hydrogens (tertiary/aromatic N) is 4. The van der Waals surface area contributed by atoms with Crippen LogP contribution in [-0.2, 0) is 0 Å². The predicted octanol–water partition coefficient (Wildman–Crippen LogP) is 1.49. The minimum absolute atomic E-state index is 0.393. The van der Waals surface area contributed by atoms with Crippen molar-refractivity contribution in [2.45, 2.75) is 25.3 Å². The highest BCUT2D eigenvalue weighted by Crippen LogP contribution is 2.14. The van der Waals surface area contributed by atoms with Crippen LogP contribution in [0.3, 0.4) is 0 Å². The van der Waals surface area contributed by atoms with Crippen LogP contribution in [0, 0.1) is 11.3 Å². The van der Waals surface area contributed by atoms with Crippen molar-refractivity contribution in [2.75, 3.05) is 44.7 Å². The summed E-state index contributed by atoms with van der Waals surface area (Å²) in [4.78, 5) is 9.22. The lowest BCUT2D eigenvalue weighted by Crippen LogP contribution is -2.47. The van der Waals surface area contributed by atoms with E-state index < -0.39 is 5.54 Å². The van der Waals surface area contributed by atoms with Crippen molar-refractivity contribution >= 4 is 5.82 Å². The van der Waals surface area contributed by atoms with Crippen molar-refractivity contribution in [2.24, 2.45) is 0 Å². The number of hydrogen-bond acceptors (Lipinski definition) is 5. The van der Waals surface area contributed by atoms with E-state index in [1.54, 1.807) is 0 Å². The summed E-state index contributed by atoms with van der Waals surface area (Å²) in [6, 6.07) is 8.41. The first kappa shape index (κ1) is 15.7. The fourth-order valence-corrected chi connectivity index (χ4v) is 2.63. The highest BCUT2D eigenvalue weighted by Gasteiger charge is 2.22. The number of anilines is 1. The number of pyridine rings is 1. The van der Waals surface area contributed by atoms with Crippen LogP contribution in [0.5, 0.6) is 0 Å². The van der Waals surface area contributed by atoms with Gasteiger partial charge in [0.15, 0.2) is 0 Å². The second-order valence-corrected chi connectivity index (χ2v) is 5.81. The Morgan fingerprint density at radius 3 is 2.67 bits per heavy atom. The molecule has 2 rings (SSSR count). The minimum atomic E-state index is -0.393. The van der Waals surface area contributed by atoms with Crippen molar-refractivity contribution in [1.82, 2.24) is 15.2 Å². The fraction of sp³-hybridized carbons (Fsp3) is 0.625. The zero-order valence-corrected chi connectivity index (χ0v) is 13.0. The number of nitriles is 1. The first-order valence-electron chi connectivity index (χ1n) is 7.65. The summed E-state index contributed by atoms with van der Waals surface area (Å²) < 4.78 is 0. The smallest absolute Gasteiger partial charge is 0.128 e. The van der Waals surface area contributed by atoms with Gasteiger partial charge in [0.2, 0.25) is 0 Å². The number of hydrogen-bond donors (Lipinski definition) is 1. The molecule has 1 aliphatic heterocycles. The summed E-state index contributed by atoms with van der Waals surface area (Å²) in [6.07, 6.45) is 3.79. The number of piperazine rings is 1. The Hall–Kier alpha value is -1.64. The summed E-state index contributed by atoms with van der Waals surface area (Å²) in [7, 11) is 1.86. The van der Waals surface area contributed by atoms with Gasteiger partial charge in [-0.2, -0.15) is 5.26 Å². The molecule has 0 amide bonds. The van der Waals surface area contributed by atoms with E-state index >= 15 is 0 Å². The van der Waals surface area contributed by atoms with E-state index in [9.17, 15) is 0 Å². The van der Waals surface area contributed by atoms with E-state index in [2.05, 4.69) is 32.2 Å². The summed E-state index contributed by atoms with van der Waals surface area (Å²) in [5.74, 6) is 1.07. The molecule has 5 nitrogen and oxygen atoms in total. The molecule has 0 aliphatic carbocycles. The molecule has 1 aromatic rings. The molecular formula is C16H25N5. The molecule has 1 saturated heterocycles. The molecule has 0 radical (unpaired) electrons. The molecule has 1 unspecified atom stereocenters. The monoisotopic (exact) mass is 287 g/mol. The topological polar surface area (TPSA) is 55.2 Å². The largest absolute Gasteiger partial charge is 0.354 e. The maximum atomic E-state index is 9.14. The third kappa shape index (κ3) is 4.42. The van der Waals surface area contributed by atoms with E-state index in [0.29, 0.717) is 0 Å². The van der Waals surface area contributed by atoms with Gasteiger partial charge in [-0.15, -0.1) is 0 Å². The maximum Gasteiger partial charge on any atom is 0.128 e. The first-order chi connectivity index (χ1) is 10.2. The molecule has 0 aromatic carbocycles. The quantitative estimate of drug-likeness (QED) is 0.859. The van der Waals surface area contributed by atoms with Crippen LogP contribution in [0.25, 0.3) is 0 Å². The average molecular weight is 287 g/mol. The van der Waals surface area contributed by atoms with Gasteiger partial charge in [-0.25, -0.2) is 4.98 Å². The van der Waals surface area contributed by atoms with E-state index in [1.165, 1.54) is 0 Å². The lowest BCUT2D eigenvalue weighted by Gasteiger charge is -2.35. The lowest BCUT2D eigenvalue weighted by molar-refractivity contribution is 0.244. The van der Waals surface area contributed by atoms with E-state index in [1.807, 2.05) is 32.3 Å². The molecule has 0 saturated carbocycles. The highest BCUT2D eigenvalue weighted by molar-refractivity contribution is 5.38. The Labute approximate surface area is 127 Å². The van der Waals surface area contributed by atoms with Gasteiger partial charge >= 0.3 is 0 Å². The fourth-order valence-electron chi connectivity index (χ4n) is 2.63. The normalized spacial score (nSPS) is 19.0. The van der Waals surface area contributed by atoms with Gasteiger partial charge in [0, 0.05) is 32.4 Å². The molecule has 1 fully saturated rings. The number of nitrogens with one attached hydrogen (secondary N) is 1. The zero-order valence-electron chi connectivity index (χ0n) is 13.0. The highest BCUT2D eigenvalue weighted by atomic mass is 15.3. The van der Waals surface area contributed by atoms with Crippen LogP contribution in [-0.4, -0.2) is 55.2 Å². The van der Waals surface area contributed by atoms with Crippen molar-refractivity contribution in [3.63, 3.8) is 0 Å². The van der Waals surface area contributed by atoms with Gasteiger partial charge in [0.25, 0.3) is 0 Å². The second-order valence-electron chi connectivity index (χ2n) is 5.81. The van der Waals surface area contributed by atoms with Crippen LogP contribution in [0.4, 0.5) is 5.82 Å². The Morgan fingerprint density at radius 1 is 1.33 bits per heavy atom. The Kier molecular flexibility index (Phi) is 5.54. The van der Waals surface area contributed by atoms with Crippen LogP contribution in [0.1, 0.15) is 19.8 Å². The summed E-state index contributed by atoms with van der Waals surface area (Å²) in [5.41, 5.74) is -0.393. The Balaban J connectivity index is 1.72. The van der Waals surface area contributed by atoms with E-state index in [-0.39, 0.29) is 0 Å². The lowest BCUT2D eigenvalue weighted by atomic mass is 9.98. The van der Waals surface area contributed by atoms with Crippen LogP contribution in [0.15, 0.2) is 24.4 Å².